The summed E-state index contributed by atoms with van der Waals surface area (Å²) in [5.41, 5.74) is 0. The lowest BCUT2D eigenvalue weighted by atomic mass is 9.99. The lowest BCUT2D eigenvalue weighted by molar-refractivity contribution is 0.178. The van der Waals surface area contributed by atoms with E-state index in [2.05, 4.69) is 31.5 Å². The topological polar surface area (TPSA) is 60.5 Å². The number of fused-ring (bicyclic) bond motifs is 1. The molecule has 1 aromatic rings. The molecule has 25 heavy (non-hydrogen) atoms. The van der Waals surface area contributed by atoms with Crippen molar-refractivity contribution in [3.63, 3.8) is 0 Å². The van der Waals surface area contributed by atoms with Gasteiger partial charge in [0.05, 0.1) is 0 Å². The Morgan fingerprint density at radius 2 is 1.88 bits per heavy atom. The quantitative estimate of drug-likeness (QED) is 0.881. The second-order valence-electron chi connectivity index (χ2n) is 7.56. The van der Waals surface area contributed by atoms with Crippen LogP contribution < -0.4 is 15.5 Å². The van der Waals surface area contributed by atoms with Crippen molar-refractivity contribution in [1.82, 2.24) is 20.5 Å². The molecule has 4 heterocycles. The first-order valence-electron chi connectivity index (χ1n) is 9.76. The molecular formula is C19H29N5O. The normalized spacial score (nSPS) is 27.8. The van der Waals surface area contributed by atoms with Gasteiger partial charge in [0.25, 0.3) is 0 Å². The van der Waals surface area contributed by atoms with Gasteiger partial charge in [0.15, 0.2) is 0 Å². The Morgan fingerprint density at radius 3 is 2.68 bits per heavy atom. The van der Waals surface area contributed by atoms with Gasteiger partial charge in [-0.15, -0.1) is 0 Å². The van der Waals surface area contributed by atoms with Gasteiger partial charge in [-0.25, -0.2) is 9.78 Å². The van der Waals surface area contributed by atoms with Crippen LogP contribution in [0.1, 0.15) is 38.5 Å². The van der Waals surface area contributed by atoms with E-state index in [0.717, 1.165) is 44.7 Å². The highest BCUT2D eigenvalue weighted by Gasteiger charge is 2.36. The van der Waals surface area contributed by atoms with Crippen molar-refractivity contribution in [3.8, 4) is 0 Å². The molecule has 6 heteroatoms. The fraction of sp³-hybridized carbons (Fsp3) is 0.684. The first-order chi connectivity index (χ1) is 12.3. The number of hydrogen-bond donors (Lipinski definition) is 2. The van der Waals surface area contributed by atoms with Gasteiger partial charge in [0, 0.05) is 44.0 Å². The van der Waals surface area contributed by atoms with Crippen LogP contribution in [0.15, 0.2) is 24.4 Å². The van der Waals surface area contributed by atoms with Gasteiger partial charge in [-0.2, -0.15) is 0 Å². The van der Waals surface area contributed by atoms with Gasteiger partial charge in [-0.3, -0.25) is 4.90 Å². The van der Waals surface area contributed by atoms with E-state index >= 15 is 0 Å². The van der Waals surface area contributed by atoms with Gasteiger partial charge in [-0.1, -0.05) is 12.5 Å². The molecule has 136 valence electrons. The molecule has 3 aliphatic heterocycles. The Morgan fingerprint density at radius 1 is 1.00 bits per heavy atom. The van der Waals surface area contributed by atoms with Crippen LogP contribution in [0.4, 0.5) is 10.6 Å². The van der Waals surface area contributed by atoms with Gasteiger partial charge in [0.1, 0.15) is 5.82 Å². The smallest absolute Gasteiger partial charge is 0.315 e. The molecule has 4 rings (SSSR count). The molecule has 0 bridgehead atoms. The van der Waals surface area contributed by atoms with Crippen LogP contribution in [0.2, 0.25) is 0 Å². The van der Waals surface area contributed by atoms with E-state index in [-0.39, 0.29) is 12.1 Å². The average molecular weight is 343 g/mol. The Kier molecular flexibility index (Phi) is 5.06. The van der Waals surface area contributed by atoms with Crippen LogP contribution in [-0.2, 0) is 0 Å². The molecule has 0 saturated carbocycles. The second kappa shape index (κ2) is 7.60. The summed E-state index contributed by atoms with van der Waals surface area (Å²) in [5, 5.41) is 6.45. The lowest BCUT2D eigenvalue weighted by Gasteiger charge is -2.34. The number of carbonyl (C=O) groups excluding carboxylic acids is 1. The summed E-state index contributed by atoms with van der Waals surface area (Å²) in [6.45, 7) is 4.23. The summed E-state index contributed by atoms with van der Waals surface area (Å²) < 4.78 is 0. The van der Waals surface area contributed by atoms with Crippen LogP contribution in [0.25, 0.3) is 0 Å². The molecule has 2 amide bonds. The summed E-state index contributed by atoms with van der Waals surface area (Å²) in [6.07, 6.45) is 8.72. The molecule has 2 atom stereocenters. The zero-order valence-electron chi connectivity index (χ0n) is 14.9. The first-order valence-corrected chi connectivity index (χ1v) is 9.76. The molecule has 0 radical (unpaired) electrons. The third-order valence-corrected chi connectivity index (χ3v) is 5.98. The molecule has 0 aromatic carbocycles. The van der Waals surface area contributed by atoms with E-state index in [0.29, 0.717) is 12.1 Å². The molecule has 0 aliphatic carbocycles. The van der Waals surface area contributed by atoms with Crippen molar-refractivity contribution in [3.05, 3.63) is 24.4 Å². The minimum absolute atomic E-state index is 0.0220. The van der Waals surface area contributed by atoms with E-state index < -0.39 is 0 Å². The number of carbonyl (C=O) groups is 1. The molecule has 0 spiro atoms. The monoisotopic (exact) mass is 343 g/mol. The Hall–Kier alpha value is -1.82. The first kappa shape index (κ1) is 16.6. The third-order valence-electron chi connectivity index (χ3n) is 5.98. The minimum Gasteiger partial charge on any atom is -0.356 e. The summed E-state index contributed by atoms with van der Waals surface area (Å²) in [4.78, 5) is 21.7. The van der Waals surface area contributed by atoms with Gasteiger partial charge >= 0.3 is 6.03 Å². The van der Waals surface area contributed by atoms with E-state index in [9.17, 15) is 4.79 Å². The van der Waals surface area contributed by atoms with Crippen molar-refractivity contribution in [2.75, 3.05) is 31.1 Å². The number of hydrogen-bond acceptors (Lipinski definition) is 4. The minimum atomic E-state index is 0.0220. The van der Waals surface area contributed by atoms with Crippen molar-refractivity contribution in [2.45, 2.75) is 56.7 Å². The molecular weight excluding hydrogens is 314 g/mol. The van der Waals surface area contributed by atoms with Crippen molar-refractivity contribution < 1.29 is 4.79 Å². The van der Waals surface area contributed by atoms with Crippen LogP contribution in [-0.4, -0.2) is 60.2 Å². The molecule has 2 N–H and O–H groups in total. The van der Waals surface area contributed by atoms with Crippen molar-refractivity contribution in [1.29, 1.82) is 0 Å². The Bertz CT molecular complexity index is 572. The fourth-order valence-corrected chi connectivity index (χ4v) is 4.60. The summed E-state index contributed by atoms with van der Waals surface area (Å²) in [5.74, 6) is 1.04. The van der Waals surface area contributed by atoms with Gasteiger partial charge in [0.2, 0.25) is 0 Å². The number of aromatic nitrogens is 1. The highest BCUT2D eigenvalue weighted by atomic mass is 16.2. The van der Waals surface area contributed by atoms with E-state index in [1.54, 1.807) is 0 Å². The molecule has 2 unspecified atom stereocenters. The maximum Gasteiger partial charge on any atom is 0.315 e. The number of pyridine rings is 1. The van der Waals surface area contributed by atoms with E-state index in [4.69, 9.17) is 0 Å². The van der Waals surface area contributed by atoms with E-state index in [1.807, 2.05) is 18.3 Å². The van der Waals surface area contributed by atoms with Crippen molar-refractivity contribution in [2.24, 2.45) is 0 Å². The van der Waals surface area contributed by atoms with Crippen LogP contribution in [0.5, 0.6) is 0 Å². The average Bonchev–Trinajstić information content (AvgIpc) is 3.06. The summed E-state index contributed by atoms with van der Waals surface area (Å²) >= 11 is 0. The third kappa shape index (κ3) is 3.89. The number of nitrogens with one attached hydrogen (secondary N) is 2. The summed E-state index contributed by atoms with van der Waals surface area (Å²) in [7, 11) is 0. The second-order valence-corrected chi connectivity index (χ2v) is 7.56. The fourth-order valence-electron chi connectivity index (χ4n) is 4.60. The lowest BCUT2D eigenvalue weighted by Crippen LogP contribution is -2.53. The molecule has 3 fully saturated rings. The number of nitrogens with zero attached hydrogens (tertiary/aromatic N) is 3. The van der Waals surface area contributed by atoms with Crippen molar-refractivity contribution >= 4 is 11.8 Å². The van der Waals surface area contributed by atoms with Gasteiger partial charge in [-0.05, 0) is 50.8 Å². The van der Waals surface area contributed by atoms with E-state index in [1.165, 1.54) is 25.8 Å². The molecule has 3 saturated heterocycles. The number of rotatable bonds is 3. The highest BCUT2D eigenvalue weighted by Crippen LogP contribution is 2.27. The predicted molar refractivity (Wildman–Crippen MR) is 98.8 cm³/mol. The number of urea groups is 1. The summed E-state index contributed by atoms with van der Waals surface area (Å²) in [6, 6.07) is 7.20. The zero-order valence-corrected chi connectivity index (χ0v) is 14.9. The SMILES string of the molecule is O=C(NC1CCN(c2ccccn2)CC1)NC1CCN2CCCCC12. The molecule has 6 nitrogen and oxygen atoms in total. The van der Waals surface area contributed by atoms with Crippen LogP contribution in [0, 0.1) is 0 Å². The van der Waals surface area contributed by atoms with Crippen LogP contribution in [0.3, 0.4) is 0 Å². The van der Waals surface area contributed by atoms with Crippen LogP contribution >= 0.6 is 0 Å². The Balaban J connectivity index is 1.23. The zero-order chi connectivity index (χ0) is 17.1. The maximum absolute atomic E-state index is 12.4. The Labute approximate surface area is 150 Å². The molecule has 1 aromatic heterocycles. The number of anilines is 1. The number of amides is 2. The predicted octanol–water partition coefficient (Wildman–Crippen LogP) is 1.98. The maximum atomic E-state index is 12.4. The highest BCUT2D eigenvalue weighted by molar-refractivity contribution is 5.74. The standard InChI is InChI=1S/C19H29N5O/c25-19(22-16-9-14-23-11-4-2-5-17(16)23)21-15-7-12-24(13-8-15)18-6-1-3-10-20-18/h1,3,6,10,15-17H,2,4-5,7-9,11-14H2,(H2,21,22,25). The largest absolute Gasteiger partial charge is 0.356 e. The molecule has 3 aliphatic rings. The van der Waals surface area contributed by atoms with Gasteiger partial charge < -0.3 is 15.5 Å². The number of piperidine rings is 2.